The number of amides is 2. The number of nitrogens with one attached hydrogen (secondary N) is 3. The number of carbonyl (C=O) groups excluding carboxylic acids is 2. The molecule has 2 aromatic rings. The molecule has 3 atom stereocenters. The van der Waals surface area contributed by atoms with Crippen molar-refractivity contribution in [1.82, 2.24) is 25.6 Å². The van der Waals surface area contributed by atoms with Crippen molar-refractivity contribution < 1.29 is 31.5 Å². The SMILES string of the molecule is Cc1cc(NC2NN(C3(CC#N)CCN(c4cc(C(F)(F)F)ccn4)CC3)C3CCNC(=O)C23)ccc1C(=O)N1CCC(F)(F)CC1. The van der Waals surface area contributed by atoms with E-state index in [0.29, 0.717) is 55.7 Å². The molecule has 4 aliphatic rings. The number of nitrogens with zero attached hydrogens (tertiary/aromatic N) is 5. The maximum Gasteiger partial charge on any atom is 0.416 e. The summed E-state index contributed by atoms with van der Waals surface area (Å²) < 4.78 is 67.3. The van der Waals surface area contributed by atoms with Crippen LogP contribution >= 0.6 is 0 Å². The highest BCUT2D eigenvalue weighted by Gasteiger charge is 2.55. The van der Waals surface area contributed by atoms with Gasteiger partial charge in [0.15, 0.2) is 0 Å². The zero-order valence-corrected chi connectivity index (χ0v) is 25.9. The Morgan fingerprint density at radius 3 is 2.49 bits per heavy atom. The molecule has 0 bridgehead atoms. The highest BCUT2D eigenvalue weighted by Crippen LogP contribution is 2.41. The third-order valence-corrected chi connectivity index (χ3v) is 10.00. The van der Waals surface area contributed by atoms with Gasteiger partial charge in [-0.05, 0) is 62.1 Å². The lowest BCUT2D eigenvalue weighted by atomic mass is 9.81. The van der Waals surface area contributed by atoms with E-state index >= 15 is 0 Å². The Morgan fingerprint density at radius 1 is 1.11 bits per heavy atom. The predicted molar refractivity (Wildman–Crippen MR) is 162 cm³/mol. The van der Waals surface area contributed by atoms with E-state index in [1.807, 2.05) is 5.01 Å². The summed E-state index contributed by atoms with van der Waals surface area (Å²) in [5.41, 5.74) is 3.77. The lowest BCUT2D eigenvalue weighted by Gasteiger charge is -2.49. The van der Waals surface area contributed by atoms with Gasteiger partial charge in [-0.3, -0.25) is 9.59 Å². The second kappa shape index (κ2) is 12.5. The molecular weight excluding hydrogens is 623 g/mol. The highest BCUT2D eigenvalue weighted by molar-refractivity contribution is 5.96. The number of halogens is 5. The van der Waals surface area contributed by atoms with Crippen molar-refractivity contribution in [3.05, 3.63) is 53.2 Å². The van der Waals surface area contributed by atoms with Gasteiger partial charge in [0.2, 0.25) is 5.91 Å². The summed E-state index contributed by atoms with van der Waals surface area (Å²) in [4.78, 5) is 33.8. The third-order valence-electron chi connectivity index (χ3n) is 10.00. The van der Waals surface area contributed by atoms with E-state index in [-0.39, 0.29) is 56.0 Å². The third kappa shape index (κ3) is 6.58. The quantitative estimate of drug-likeness (QED) is 0.393. The summed E-state index contributed by atoms with van der Waals surface area (Å²) in [6, 6.07) is 9.21. The molecule has 2 amide bonds. The number of hydrogen-bond acceptors (Lipinski definition) is 8. The minimum atomic E-state index is -4.49. The van der Waals surface area contributed by atoms with Crippen molar-refractivity contribution in [3.8, 4) is 6.07 Å². The fraction of sp³-hybridized carbons (Fsp3) is 0.562. The van der Waals surface area contributed by atoms with Crippen molar-refractivity contribution in [1.29, 1.82) is 5.26 Å². The Balaban J connectivity index is 1.19. The lowest BCUT2D eigenvalue weighted by molar-refractivity contribution is -0.137. The molecule has 1 aromatic carbocycles. The van der Waals surface area contributed by atoms with Crippen molar-refractivity contribution >= 4 is 23.3 Å². The van der Waals surface area contributed by atoms with Crippen LogP contribution in [0.25, 0.3) is 0 Å². The number of nitriles is 1. The minimum Gasteiger partial charge on any atom is -0.368 e. The van der Waals surface area contributed by atoms with E-state index in [1.165, 1.54) is 4.90 Å². The average molecular weight is 661 g/mol. The van der Waals surface area contributed by atoms with E-state index in [2.05, 4.69) is 27.1 Å². The number of hydrogen-bond donors (Lipinski definition) is 3. The van der Waals surface area contributed by atoms with E-state index in [9.17, 15) is 36.8 Å². The molecule has 10 nitrogen and oxygen atoms in total. The van der Waals surface area contributed by atoms with Crippen LogP contribution in [-0.4, -0.2) is 83.1 Å². The maximum absolute atomic E-state index is 13.6. The molecule has 4 aliphatic heterocycles. The first-order valence-corrected chi connectivity index (χ1v) is 15.8. The number of piperidine rings is 3. The predicted octanol–water partition coefficient (Wildman–Crippen LogP) is 4.30. The van der Waals surface area contributed by atoms with E-state index in [4.69, 9.17) is 0 Å². The Hall–Kier alpha value is -4.03. The zero-order chi connectivity index (χ0) is 33.6. The molecule has 0 spiro atoms. The first-order valence-electron chi connectivity index (χ1n) is 15.8. The standard InChI is InChI=1S/C32H37F5N8O2/c1-20-18-22(2-3-23(20)29(47)44-16-9-31(33,34)10-17-44)41-27-26-24(5-13-40-28(26)46)45(42-27)30(6-11-38)7-14-43(15-8-30)25-19-21(4-12-39-25)32(35,36)37/h2-4,12,18-19,24,26-27,41-42H,5-10,13-17H2,1H3,(H,40,46). The molecule has 0 saturated carbocycles. The maximum atomic E-state index is 13.6. The number of carbonyl (C=O) groups is 2. The molecule has 47 heavy (non-hydrogen) atoms. The summed E-state index contributed by atoms with van der Waals surface area (Å²) in [7, 11) is 0. The van der Waals surface area contributed by atoms with Crippen LogP contribution in [0.4, 0.5) is 33.5 Å². The van der Waals surface area contributed by atoms with Crippen LogP contribution in [0.5, 0.6) is 0 Å². The topological polar surface area (TPSA) is 117 Å². The first-order chi connectivity index (χ1) is 22.3. The highest BCUT2D eigenvalue weighted by atomic mass is 19.4. The number of rotatable bonds is 6. The second-order valence-electron chi connectivity index (χ2n) is 12.9. The molecule has 3 N–H and O–H groups in total. The monoisotopic (exact) mass is 660 g/mol. The summed E-state index contributed by atoms with van der Waals surface area (Å²) >= 11 is 0. The van der Waals surface area contributed by atoms with Crippen LogP contribution < -0.4 is 21.0 Å². The number of aryl methyl sites for hydroxylation is 1. The number of likely N-dealkylation sites (tertiary alicyclic amines) is 1. The Bertz CT molecular complexity index is 1540. The number of anilines is 2. The second-order valence-corrected chi connectivity index (χ2v) is 12.9. The molecule has 0 aliphatic carbocycles. The Labute approximate surface area is 269 Å². The van der Waals surface area contributed by atoms with Gasteiger partial charge in [-0.2, -0.15) is 18.4 Å². The summed E-state index contributed by atoms with van der Waals surface area (Å²) in [6.45, 7) is 2.97. The van der Waals surface area contributed by atoms with Crippen LogP contribution in [0.1, 0.15) is 60.0 Å². The largest absolute Gasteiger partial charge is 0.416 e. The smallest absolute Gasteiger partial charge is 0.368 e. The number of benzene rings is 1. The molecule has 252 valence electrons. The number of alkyl halides is 5. The molecule has 1 aromatic heterocycles. The van der Waals surface area contributed by atoms with Gasteiger partial charge in [-0.25, -0.2) is 24.2 Å². The summed E-state index contributed by atoms with van der Waals surface area (Å²) in [5.74, 6) is -3.49. The number of hydrazine groups is 1. The molecule has 4 fully saturated rings. The molecule has 6 rings (SSSR count). The van der Waals surface area contributed by atoms with Crippen LogP contribution in [0.3, 0.4) is 0 Å². The normalized spacial score (nSPS) is 25.9. The molecule has 4 saturated heterocycles. The number of fused-ring (bicyclic) bond motifs is 1. The Morgan fingerprint density at radius 2 is 1.83 bits per heavy atom. The molecule has 5 heterocycles. The van der Waals surface area contributed by atoms with Gasteiger partial charge in [0, 0.05) is 69.1 Å². The summed E-state index contributed by atoms with van der Waals surface area (Å²) in [5, 5.41) is 18.3. The van der Waals surface area contributed by atoms with Gasteiger partial charge in [-0.15, -0.1) is 0 Å². The fourth-order valence-electron chi connectivity index (χ4n) is 7.37. The minimum absolute atomic E-state index is 0.00997. The Kier molecular flexibility index (Phi) is 8.77. The molecule has 0 radical (unpaired) electrons. The van der Waals surface area contributed by atoms with E-state index in [1.54, 1.807) is 30.0 Å². The first kappa shape index (κ1) is 32.9. The molecular formula is C32H37F5N8O2. The average Bonchev–Trinajstić information content (AvgIpc) is 3.41. The summed E-state index contributed by atoms with van der Waals surface area (Å²) in [6.07, 6.45) is -2.91. The van der Waals surface area contributed by atoms with Crippen molar-refractivity contribution in [2.45, 2.75) is 75.3 Å². The van der Waals surface area contributed by atoms with Gasteiger partial charge in [0.05, 0.1) is 29.5 Å². The van der Waals surface area contributed by atoms with Gasteiger partial charge < -0.3 is 20.4 Å². The van der Waals surface area contributed by atoms with Crippen LogP contribution in [0.15, 0.2) is 36.5 Å². The zero-order valence-electron chi connectivity index (χ0n) is 25.9. The van der Waals surface area contributed by atoms with Gasteiger partial charge in [0.25, 0.3) is 11.8 Å². The van der Waals surface area contributed by atoms with E-state index in [0.717, 1.165) is 18.3 Å². The van der Waals surface area contributed by atoms with Crippen LogP contribution in [0.2, 0.25) is 0 Å². The van der Waals surface area contributed by atoms with Crippen molar-refractivity contribution in [2.75, 3.05) is 42.9 Å². The van der Waals surface area contributed by atoms with Crippen molar-refractivity contribution in [2.24, 2.45) is 5.92 Å². The van der Waals surface area contributed by atoms with Gasteiger partial charge in [0.1, 0.15) is 12.0 Å². The number of pyridine rings is 1. The van der Waals surface area contributed by atoms with Crippen LogP contribution in [-0.2, 0) is 11.0 Å². The van der Waals surface area contributed by atoms with Crippen molar-refractivity contribution in [3.63, 3.8) is 0 Å². The van der Waals surface area contributed by atoms with Gasteiger partial charge in [-0.1, -0.05) is 0 Å². The lowest BCUT2D eigenvalue weighted by Crippen LogP contribution is -2.62. The number of aromatic nitrogens is 1. The molecule has 3 unspecified atom stereocenters. The van der Waals surface area contributed by atoms with E-state index < -0.39 is 35.3 Å². The van der Waals surface area contributed by atoms with Crippen LogP contribution in [0, 0.1) is 24.2 Å². The fourth-order valence-corrected chi connectivity index (χ4v) is 7.37. The molecule has 15 heteroatoms. The van der Waals surface area contributed by atoms with Gasteiger partial charge >= 0.3 is 6.18 Å².